The molecule has 0 amide bonds. The van der Waals surface area contributed by atoms with E-state index in [9.17, 15) is 0 Å². The number of benzene rings is 1. The van der Waals surface area contributed by atoms with Crippen LogP contribution in [0.2, 0.25) is 0 Å². The van der Waals surface area contributed by atoms with Crippen molar-refractivity contribution in [2.75, 3.05) is 13.6 Å². The minimum absolute atomic E-state index is 0.900. The van der Waals surface area contributed by atoms with E-state index in [1.807, 2.05) is 7.05 Å². The second-order valence-corrected chi connectivity index (χ2v) is 4.24. The van der Waals surface area contributed by atoms with Crippen LogP contribution >= 0.6 is 11.3 Å². The molecule has 2 heteroatoms. The summed E-state index contributed by atoms with van der Waals surface area (Å²) in [5.41, 5.74) is 1.14. The van der Waals surface area contributed by atoms with Gasteiger partial charge in [-0.3, -0.25) is 0 Å². The Morgan fingerprint density at radius 3 is 3.13 bits per heavy atom. The summed E-state index contributed by atoms with van der Waals surface area (Å²) in [5, 5.41) is 6.48. The van der Waals surface area contributed by atoms with E-state index in [1.54, 1.807) is 11.3 Å². The Hall–Kier alpha value is -1.30. The van der Waals surface area contributed by atoms with Crippen molar-refractivity contribution in [3.8, 4) is 11.8 Å². The molecule has 1 nitrogen and oxygen atoms in total. The van der Waals surface area contributed by atoms with Crippen molar-refractivity contribution in [2.45, 2.75) is 6.42 Å². The van der Waals surface area contributed by atoms with E-state index in [0.717, 1.165) is 18.5 Å². The molecule has 1 aromatic heterocycles. The Kier molecular flexibility index (Phi) is 3.39. The Labute approximate surface area is 94.1 Å². The quantitative estimate of drug-likeness (QED) is 0.600. The lowest BCUT2D eigenvalue weighted by molar-refractivity contribution is 0.818. The second kappa shape index (κ2) is 4.97. The van der Waals surface area contributed by atoms with Crippen molar-refractivity contribution in [3.63, 3.8) is 0 Å². The summed E-state index contributed by atoms with van der Waals surface area (Å²) in [7, 11) is 1.95. The van der Waals surface area contributed by atoms with E-state index in [0.29, 0.717) is 0 Å². The molecule has 0 aliphatic rings. The molecule has 1 aromatic carbocycles. The van der Waals surface area contributed by atoms with E-state index in [2.05, 4.69) is 46.8 Å². The number of hydrogen-bond donors (Lipinski definition) is 1. The van der Waals surface area contributed by atoms with E-state index < -0.39 is 0 Å². The molecule has 2 rings (SSSR count). The zero-order chi connectivity index (χ0) is 10.5. The number of fused-ring (bicyclic) bond motifs is 1. The van der Waals surface area contributed by atoms with E-state index in [-0.39, 0.29) is 0 Å². The van der Waals surface area contributed by atoms with Gasteiger partial charge in [-0.25, -0.2) is 0 Å². The van der Waals surface area contributed by atoms with Gasteiger partial charge in [-0.15, -0.1) is 11.3 Å². The molecular weight excluding hydrogens is 202 g/mol. The summed E-state index contributed by atoms with van der Waals surface area (Å²) in [5.74, 6) is 6.40. The van der Waals surface area contributed by atoms with Gasteiger partial charge in [0.05, 0.1) is 0 Å². The molecule has 76 valence electrons. The molecule has 0 atom stereocenters. The molecule has 0 saturated heterocycles. The van der Waals surface area contributed by atoms with Crippen LogP contribution in [0, 0.1) is 11.8 Å². The molecule has 2 aromatic rings. The lowest BCUT2D eigenvalue weighted by Gasteiger charge is -1.93. The van der Waals surface area contributed by atoms with Gasteiger partial charge in [-0.05, 0) is 30.6 Å². The molecule has 1 heterocycles. The van der Waals surface area contributed by atoms with Crippen LogP contribution in [0.15, 0.2) is 29.6 Å². The van der Waals surface area contributed by atoms with Gasteiger partial charge in [-0.1, -0.05) is 17.9 Å². The van der Waals surface area contributed by atoms with Crippen LogP contribution in [0.1, 0.15) is 12.0 Å². The smallest absolute Gasteiger partial charge is 0.0355 e. The lowest BCUT2D eigenvalue weighted by Crippen LogP contribution is -2.05. The average Bonchev–Trinajstić information content (AvgIpc) is 2.73. The highest BCUT2D eigenvalue weighted by Gasteiger charge is 1.97. The van der Waals surface area contributed by atoms with Crippen LogP contribution < -0.4 is 5.32 Å². The first-order valence-electron chi connectivity index (χ1n) is 5.01. The minimum Gasteiger partial charge on any atom is -0.319 e. The third kappa shape index (κ3) is 2.38. The summed E-state index contributed by atoms with van der Waals surface area (Å²) in [6.45, 7) is 0.951. The maximum atomic E-state index is 3.23. The van der Waals surface area contributed by atoms with Crippen molar-refractivity contribution in [1.82, 2.24) is 5.32 Å². The lowest BCUT2D eigenvalue weighted by atomic mass is 10.1. The summed E-state index contributed by atoms with van der Waals surface area (Å²) in [6.07, 6.45) is 0.900. The molecule has 0 bridgehead atoms. The Morgan fingerprint density at radius 1 is 1.33 bits per heavy atom. The Bertz CT molecular complexity index is 502. The fourth-order valence-corrected chi connectivity index (χ4v) is 2.26. The maximum absolute atomic E-state index is 3.23. The average molecular weight is 215 g/mol. The molecule has 15 heavy (non-hydrogen) atoms. The van der Waals surface area contributed by atoms with Gasteiger partial charge in [0.2, 0.25) is 0 Å². The predicted molar refractivity (Wildman–Crippen MR) is 67.2 cm³/mol. The van der Waals surface area contributed by atoms with Crippen LogP contribution in [0.4, 0.5) is 0 Å². The van der Waals surface area contributed by atoms with Crippen LogP contribution in [0.25, 0.3) is 10.1 Å². The second-order valence-electron chi connectivity index (χ2n) is 3.29. The molecule has 0 spiro atoms. The van der Waals surface area contributed by atoms with E-state index >= 15 is 0 Å². The van der Waals surface area contributed by atoms with Crippen molar-refractivity contribution >= 4 is 21.4 Å². The van der Waals surface area contributed by atoms with E-state index in [4.69, 9.17) is 0 Å². The monoisotopic (exact) mass is 215 g/mol. The molecule has 0 radical (unpaired) electrons. The standard InChI is InChI=1S/C13H13NS/c1-14-9-3-2-5-11-6-4-7-13-12(11)8-10-15-13/h4,6-8,10,14H,3,9H2,1H3. The molecule has 0 aliphatic carbocycles. The van der Waals surface area contributed by atoms with Crippen LogP contribution in [-0.2, 0) is 0 Å². The van der Waals surface area contributed by atoms with Crippen LogP contribution in [-0.4, -0.2) is 13.6 Å². The van der Waals surface area contributed by atoms with Crippen LogP contribution in [0.3, 0.4) is 0 Å². The highest BCUT2D eigenvalue weighted by Crippen LogP contribution is 2.23. The SMILES string of the molecule is CNCCC#Cc1cccc2sccc12. The Balaban J connectivity index is 2.26. The molecule has 0 fully saturated rings. The zero-order valence-corrected chi connectivity index (χ0v) is 9.53. The largest absolute Gasteiger partial charge is 0.319 e. The Morgan fingerprint density at radius 2 is 2.27 bits per heavy atom. The number of thiophene rings is 1. The number of nitrogens with one attached hydrogen (secondary N) is 1. The third-order valence-electron chi connectivity index (χ3n) is 2.22. The number of hydrogen-bond acceptors (Lipinski definition) is 2. The highest BCUT2D eigenvalue weighted by molar-refractivity contribution is 7.17. The molecular formula is C13H13NS. The van der Waals surface area contributed by atoms with Gasteiger partial charge < -0.3 is 5.32 Å². The van der Waals surface area contributed by atoms with Gasteiger partial charge in [0.15, 0.2) is 0 Å². The summed E-state index contributed by atoms with van der Waals surface area (Å²) in [4.78, 5) is 0. The van der Waals surface area contributed by atoms with Crippen LogP contribution in [0.5, 0.6) is 0 Å². The topological polar surface area (TPSA) is 12.0 Å². The fourth-order valence-electron chi connectivity index (χ4n) is 1.45. The summed E-state index contributed by atoms with van der Waals surface area (Å²) >= 11 is 1.77. The van der Waals surface area contributed by atoms with Crippen molar-refractivity contribution in [3.05, 3.63) is 35.2 Å². The molecule has 0 unspecified atom stereocenters. The van der Waals surface area contributed by atoms with Gasteiger partial charge in [0, 0.05) is 28.6 Å². The number of rotatable bonds is 2. The van der Waals surface area contributed by atoms with Gasteiger partial charge in [0.25, 0.3) is 0 Å². The van der Waals surface area contributed by atoms with E-state index in [1.165, 1.54) is 10.1 Å². The maximum Gasteiger partial charge on any atom is 0.0355 e. The predicted octanol–water partition coefficient (Wildman–Crippen LogP) is 2.86. The van der Waals surface area contributed by atoms with Crippen molar-refractivity contribution in [1.29, 1.82) is 0 Å². The first kappa shape index (κ1) is 10.2. The van der Waals surface area contributed by atoms with Crippen molar-refractivity contribution in [2.24, 2.45) is 0 Å². The summed E-state index contributed by atoms with van der Waals surface area (Å²) in [6, 6.07) is 8.43. The zero-order valence-electron chi connectivity index (χ0n) is 8.71. The van der Waals surface area contributed by atoms with Crippen molar-refractivity contribution < 1.29 is 0 Å². The fraction of sp³-hybridized carbons (Fsp3) is 0.231. The van der Waals surface area contributed by atoms with Gasteiger partial charge >= 0.3 is 0 Å². The normalized spacial score (nSPS) is 9.93. The first-order chi connectivity index (χ1) is 7.42. The minimum atomic E-state index is 0.900. The molecule has 0 saturated carbocycles. The molecule has 0 aliphatic heterocycles. The van der Waals surface area contributed by atoms with Gasteiger partial charge in [-0.2, -0.15) is 0 Å². The van der Waals surface area contributed by atoms with Gasteiger partial charge in [0.1, 0.15) is 0 Å². The summed E-state index contributed by atoms with van der Waals surface area (Å²) < 4.78 is 1.32. The third-order valence-corrected chi connectivity index (χ3v) is 3.10. The first-order valence-corrected chi connectivity index (χ1v) is 5.89. The highest BCUT2D eigenvalue weighted by atomic mass is 32.1. The molecule has 1 N–H and O–H groups in total.